The van der Waals surface area contributed by atoms with Crippen molar-refractivity contribution in [3.05, 3.63) is 30.2 Å². The molecule has 0 unspecified atom stereocenters. The Morgan fingerprint density at radius 2 is 2.11 bits per heavy atom. The molecule has 0 saturated heterocycles. The van der Waals surface area contributed by atoms with Crippen LogP contribution in [0.5, 0.6) is 0 Å². The third-order valence-corrected chi connectivity index (χ3v) is 3.92. The van der Waals surface area contributed by atoms with Crippen molar-refractivity contribution in [2.45, 2.75) is 24.2 Å². The molecule has 0 aliphatic heterocycles. The van der Waals surface area contributed by atoms with Crippen molar-refractivity contribution in [2.75, 3.05) is 6.26 Å². The highest BCUT2D eigenvalue weighted by molar-refractivity contribution is 7.98. The van der Waals surface area contributed by atoms with Crippen LogP contribution in [0.15, 0.2) is 33.7 Å². The molecule has 19 heavy (non-hydrogen) atoms. The summed E-state index contributed by atoms with van der Waals surface area (Å²) in [5.74, 6) is 1.41. The Morgan fingerprint density at radius 1 is 1.37 bits per heavy atom. The maximum Gasteiger partial charge on any atom is 0.234 e. The van der Waals surface area contributed by atoms with E-state index in [1.54, 1.807) is 11.8 Å². The van der Waals surface area contributed by atoms with Crippen molar-refractivity contribution in [3.8, 4) is 11.4 Å². The molecule has 0 bridgehead atoms. The van der Waals surface area contributed by atoms with E-state index in [0.717, 1.165) is 18.4 Å². The van der Waals surface area contributed by atoms with Gasteiger partial charge in [-0.15, -0.1) is 11.8 Å². The maximum atomic E-state index is 11.7. The first-order valence-corrected chi connectivity index (χ1v) is 7.48. The first-order valence-electron chi connectivity index (χ1n) is 6.26. The lowest BCUT2D eigenvalue weighted by Crippen LogP contribution is -2.04. The van der Waals surface area contributed by atoms with Gasteiger partial charge in [-0.2, -0.15) is 4.98 Å². The number of hydrogen-bond acceptors (Lipinski definition) is 5. The van der Waals surface area contributed by atoms with Crippen molar-refractivity contribution in [3.63, 3.8) is 0 Å². The third-order valence-electron chi connectivity index (χ3n) is 3.17. The smallest absolute Gasteiger partial charge is 0.234 e. The predicted octanol–water partition coefficient (Wildman–Crippen LogP) is 2.98. The van der Waals surface area contributed by atoms with Crippen LogP contribution < -0.4 is 0 Å². The summed E-state index contributed by atoms with van der Waals surface area (Å²) >= 11 is 1.69. The number of hydrogen-bond donors (Lipinski definition) is 0. The van der Waals surface area contributed by atoms with E-state index in [1.807, 2.05) is 30.5 Å². The Balaban J connectivity index is 1.73. The highest BCUT2D eigenvalue weighted by atomic mass is 32.2. The first kappa shape index (κ1) is 12.4. The molecule has 1 aliphatic carbocycles. The van der Waals surface area contributed by atoms with E-state index in [4.69, 9.17) is 4.52 Å². The second-order valence-corrected chi connectivity index (χ2v) is 5.54. The minimum absolute atomic E-state index is 0.216. The summed E-state index contributed by atoms with van der Waals surface area (Å²) in [4.78, 5) is 17.1. The molecule has 5 heteroatoms. The zero-order chi connectivity index (χ0) is 13.2. The second-order valence-electron chi connectivity index (χ2n) is 4.66. The number of nitrogens with zero attached hydrogens (tertiary/aromatic N) is 2. The molecule has 0 radical (unpaired) electrons. The molecule has 0 amide bonds. The molecule has 3 rings (SSSR count). The highest BCUT2D eigenvalue weighted by Gasteiger charge is 2.30. The van der Waals surface area contributed by atoms with E-state index in [9.17, 15) is 4.79 Å². The lowest BCUT2D eigenvalue weighted by Gasteiger charge is -1.96. The fraction of sp³-hybridized carbons (Fsp3) is 0.357. The average molecular weight is 274 g/mol. The van der Waals surface area contributed by atoms with Crippen LogP contribution >= 0.6 is 11.8 Å². The van der Waals surface area contributed by atoms with E-state index >= 15 is 0 Å². The van der Waals surface area contributed by atoms with Gasteiger partial charge in [0.1, 0.15) is 5.78 Å². The van der Waals surface area contributed by atoms with E-state index in [2.05, 4.69) is 10.1 Å². The molecule has 1 fully saturated rings. The third kappa shape index (κ3) is 2.87. The number of Topliss-reactive ketones (excluding diaryl/α,β-unsaturated/α-hetero) is 1. The SMILES string of the molecule is CSc1ccc(-c2noc(CC(=O)C3CC3)n2)cc1. The number of carbonyl (C=O) groups is 1. The van der Waals surface area contributed by atoms with Gasteiger partial charge in [0.25, 0.3) is 0 Å². The Kier molecular flexibility index (Phi) is 3.38. The molecule has 0 spiro atoms. The van der Waals surface area contributed by atoms with Gasteiger partial charge in [-0.3, -0.25) is 4.79 Å². The zero-order valence-corrected chi connectivity index (χ0v) is 11.4. The van der Waals surface area contributed by atoms with Crippen LogP contribution in [-0.4, -0.2) is 22.2 Å². The summed E-state index contributed by atoms with van der Waals surface area (Å²) in [5.41, 5.74) is 0.909. The Bertz CT molecular complexity index is 588. The maximum absolute atomic E-state index is 11.7. The summed E-state index contributed by atoms with van der Waals surface area (Å²) in [6.45, 7) is 0. The molecular weight excluding hydrogens is 260 g/mol. The van der Waals surface area contributed by atoms with Crippen LogP contribution in [-0.2, 0) is 11.2 Å². The Hall–Kier alpha value is -1.62. The number of ketones is 1. The molecule has 0 atom stereocenters. The van der Waals surface area contributed by atoms with E-state index < -0.39 is 0 Å². The van der Waals surface area contributed by atoms with Gasteiger partial charge in [0.05, 0.1) is 6.42 Å². The molecule has 1 heterocycles. The molecule has 4 nitrogen and oxygen atoms in total. The minimum Gasteiger partial charge on any atom is -0.339 e. The van der Waals surface area contributed by atoms with Gasteiger partial charge in [-0.1, -0.05) is 5.16 Å². The summed E-state index contributed by atoms with van der Waals surface area (Å²) in [7, 11) is 0. The molecule has 1 saturated carbocycles. The molecule has 2 aromatic rings. The lowest BCUT2D eigenvalue weighted by atomic mass is 10.2. The fourth-order valence-electron chi connectivity index (χ4n) is 1.88. The normalized spacial score (nSPS) is 14.6. The summed E-state index contributed by atoms with van der Waals surface area (Å²) in [6, 6.07) is 7.96. The molecule has 1 aliphatic rings. The predicted molar refractivity (Wildman–Crippen MR) is 73.0 cm³/mol. The van der Waals surface area contributed by atoms with Gasteiger partial charge in [0.2, 0.25) is 11.7 Å². The minimum atomic E-state index is 0.216. The van der Waals surface area contributed by atoms with E-state index in [-0.39, 0.29) is 18.1 Å². The molecule has 98 valence electrons. The molecule has 0 N–H and O–H groups in total. The van der Waals surface area contributed by atoms with E-state index in [0.29, 0.717) is 11.7 Å². The summed E-state index contributed by atoms with van der Waals surface area (Å²) < 4.78 is 5.14. The monoisotopic (exact) mass is 274 g/mol. The number of aromatic nitrogens is 2. The van der Waals surface area contributed by atoms with Crippen LogP contribution in [0.3, 0.4) is 0 Å². The number of benzene rings is 1. The summed E-state index contributed by atoms with van der Waals surface area (Å²) in [5, 5.41) is 3.93. The first-order chi connectivity index (χ1) is 9.26. The van der Waals surface area contributed by atoms with E-state index in [1.165, 1.54) is 4.90 Å². The molecule has 1 aromatic heterocycles. The van der Waals surface area contributed by atoms with Gasteiger partial charge in [0.15, 0.2) is 0 Å². The van der Waals surface area contributed by atoms with Crippen LogP contribution in [0.1, 0.15) is 18.7 Å². The van der Waals surface area contributed by atoms with Crippen LogP contribution in [0, 0.1) is 5.92 Å². The Labute approximate surface area is 115 Å². The number of rotatable bonds is 5. The average Bonchev–Trinajstić information content (AvgIpc) is 3.20. The van der Waals surface area contributed by atoms with Gasteiger partial charge in [-0.25, -0.2) is 0 Å². The van der Waals surface area contributed by atoms with Gasteiger partial charge < -0.3 is 4.52 Å². The van der Waals surface area contributed by atoms with Crippen LogP contribution in [0.2, 0.25) is 0 Å². The number of carbonyl (C=O) groups excluding carboxylic acids is 1. The largest absolute Gasteiger partial charge is 0.339 e. The second kappa shape index (κ2) is 5.17. The van der Waals surface area contributed by atoms with Crippen molar-refractivity contribution in [1.82, 2.24) is 10.1 Å². The fourth-order valence-corrected chi connectivity index (χ4v) is 2.29. The van der Waals surface area contributed by atoms with Crippen LogP contribution in [0.25, 0.3) is 11.4 Å². The summed E-state index contributed by atoms with van der Waals surface area (Å²) in [6.07, 6.45) is 4.32. The lowest BCUT2D eigenvalue weighted by molar-refractivity contribution is -0.119. The van der Waals surface area contributed by atoms with Gasteiger partial charge >= 0.3 is 0 Å². The zero-order valence-electron chi connectivity index (χ0n) is 10.6. The Morgan fingerprint density at radius 3 is 2.74 bits per heavy atom. The van der Waals surface area contributed by atoms with Gasteiger partial charge in [-0.05, 0) is 43.4 Å². The van der Waals surface area contributed by atoms with Crippen molar-refractivity contribution < 1.29 is 9.32 Å². The molecular formula is C14H14N2O2S. The molecule has 1 aromatic carbocycles. The van der Waals surface area contributed by atoms with Crippen molar-refractivity contribution >= 4 is 17.5 Å². The highest BCUT2D eigenvalue weighted by Crippen LogP contribution is 2.31. The van der Waals surface area contributed by atoms with Crippen molar-refractivity contribution in [2.24, 2.45) is 5.92 Å². The quantitative estimate of drug-likeness (QED) is 0.784. The van der Waals surface area contributed by atoms with Gasteiger partial charge in [0, 0.05) is 16.4 Å². The van der Waals surface area contributed by atoms with Crippen molar-refractivity contribution in [1.29, 1.82) is 0 Å². The standard InChI is InChI=1S/C14H14N2O2S/c1-19-11-6-4-10(5-7-11)14-15-13(18-16-14)8-12(17)9-2-3-9/h4-7,9H,2-3,8H2,1H3. The van der Waals surface area contributed by atoms with Crippen LogP contribution in [0.4, 0.5) is 0 Å². The number of thioether (sulfide) groups is 1. The topological polar surface area (TPSA) is 56.0 Å².